The third-order valence-corrected chi connectivity index (χ3v) is 5.20. The van der Waals surface area contributed by atoms with Crippen LogP contribution in [-0.2, 0) is 4.79 Å². The van der Waals surface area contributed by atoms with E-state index < -0.39 is 11.4 Å². The van der Waals surface area contributed by atoms with Gasteiger partial charge in [0.05, 0.1) is 5.41 Å². The Morgan fingerprint density at radius 1 is 1.38 bits per heavy atom. The maximum absolute atomic E-state index is 11.2. The van der Waals surface area contributed by atoms with Crippen LogP contribution in [0.4, 0.5) is 0 Å². The molecule has 0 amide bonds. The molecule has 0 spiro atoms. The lowest BCUT2D eigenvalue weighted by molar-refractivity contribution is -0.159. The van der Waals surface area contributed by atoms with Gasteiger partial charge in [0.2, 0.25) is 0 Å². The lowest BCUT2D eigenvalue weighted by atomic mass is 9.55. The molecule has 3 rings (SSSR count). The zero-order valence-electron chi connectivity index (χ0n) is 7.85. The van der Waals surface area contributed by atoms with Gasteiger partial charge in [-0.1, -0.05) is 22.9 Å². The first kappa shape index (κ1) is 9.50. The van der Waals surface area contributed by atoms with Crippen LogP contribution in [0.15, 0.2) is 0 Å². The van der Waals surface area contributed by atoms with Gasteiger partial charge in [-0.25, -0.2) is 0 Å². The highest BCUT2D eigenvalue weighted by Gasteiger charge is 2.55. The molecule has 0 aromatic carbocycles. The van der Waals surface area contributed by atoms with Crippen LogP contribution >= 0.6 is 15.9 Å². The highest BCUT2D eigenvalue weighted by molar-refractivity contribution is 9.10. The summed E-state index contributed by atoms with van der Waals surface area (Å²) in [4.78, 5) is 11.2. The number of hydrogen-bond donors (Lipinski definition) is 1. The topological polar surface area (TPSA) is 37.3 Å². The summed E-state index contributed by atoms with van der Waals surface area (Å²) in [6.07, 6.45) is 4.80. The van der Waals surface area contributed by atoms with E-state index in [1.807, 2.05) is 0 Å². The van der Waals surface area contributed by atoms with Crippen molar-refractivity contribution in [2.24, 2.45) is 11.3 Å². The van der Waals surface area contributed by atoms with Crippen LogP contribution in [0.5, 0.6) is 0 Å². The third kappa shape index (κ3) is 1.24. The Labute approximate surface area is 86.8 Å². The van der Waals surface area contributed by atoms with Crippen LogP contribution in [-0.4, -0.2) is 15.4 Å². The number of rotatable bonds is 1. The predicted molar refractivity (Wildman–Crippen MR) is 54.0 cm³/mol. The Balaban J connectivity index is 2.29. The van der Waals surface area contributed by atoms with Crippen molar-refractivity contribution in [3.63, 3.8) is 0 Å². The highest BCUT2D eigenvalue weighted by atomic mass is 79.9. The number of alkyl halides is 1. The van der Waals surface area contributed by atoms with E-state index in [0.29, 0.717) is 5.92 Å². The Morgan fingerprint density at radius 3 is 2.31 bits per heavy atom. The molecular formula is C10H15BrO2. The van der Waals surface area contributed by atoms with Gasteiger partial charge in [0.25, 0.3) is 0 Å². The number of aliphatic carboxylic acids is 1. The summed E-state index contributed by atoms with van der Waals surface area (Å²) in [5, 5.41) is 9.25. The van der Waals surface area contributed by atoms with Crippen molar-refractivity contribution in [1.82, 2.24) is 0 Å². The molecule has 0 radical (unpaired) electrons. The monoisotopic (exact) mass is 246 g/mol. The van der Waals surface area contributed by atoms with E-state index in [9.17, 15) is 9.90 Å². The summed E-state index contributed by atoms with van der Waals surface area (Å²) in [5.74, 6) is -0.249. The average molecular weight is 247 g/mol. The fraction of sp³-hybridized carbons (Fsp3) is 0.900. The highest BCUT2D eigenvalue weighted by Crippen LogP contribution is 2.58. The van der Waals surface area contributed by atoms with E-state index in [1.165, 1.54) is 0 Å². The quantitative estimate of drug-likeness (QED) is 0.723. The number of hydrogen-bond acceptors (Lipinski definition) is 1. The van der Waals surface area contributed by atoms with Crippen molar-refractivity contribution >= 4 is 21.9 Å². The van der Waals surface area contributed by atoms with Crippen LogP contribution < -0.4 is 0 Å². The van der Waals surface area contributed by atoms with Crippen molar-refractivity contribution < 1.29 is 9.90 Å². The minimum Gasteiger partial charge on any atom is -0.481 e. The fourth-order valence-electron chi connectivity index (χ4n) is 3.01. The van der Waals surface area contributed by atoms with Crippen LogP contribution in [0, 0.1) is 11.3 Å². The SMILES string of the molecule is CC1CC2(Br)CCC1(C(=O)O)CC2. The van der Waals surface area contributed by atoms with Crippen LogP contribution in [0.25, 0.3) is 0 Å². The Morgan fingerprint density at radius 2 is 1.92 bits per heavy atom. The molecule has 3 aliphatic carbocycles. The van der Waals surface area contributed by atoms with E-state index in [4.69, 9.17) is 0 Å². The average Bonchev–Trinajstić information content (AvgIpc) is 2.03. The lowest BCUT2D eigenvalue weighted by Crippen LogP contribution is -2.51. The smallest absolute Gasteiger partial charge is 0.309 e. The first-order valence-electron chi connectivity index (χ1n) is 4.91. The van der Waals surface area contributed by atoms with E-state index >= 15 is 0 Å². The summed E-state index contributed by atoms with van der Waals surface area (Å²) in [6.45, 7) is 2.09. The van der Waals surface area contributed by atoms with Gasteiger partial charge in [-0.05, 0) is 38.0 Å². The van der Waals surface area contributed by atoms with Gasteiger partial charge in [0, 0.05) is 4.32 Å². The third-order valence-electron chi connectivity index (χ3n) is 4.08. The molecule has 0 aromatic rings. The zero-order chi connectivity index (χ0) is 9.69. The second-order valence-corrected chi connectivity index (χ2v) is 6.40. The van der Waals surface area contributed by atoms with Crippen molar-refractivity contribution in [3.8, 4) is 0 Å². The second kappa shape index (κ2) is 2.72. The van der Waals surface area contributed by atoms with Gasteiger partial charge in [-0.2, -0.15) is 0 Å². The fourth-order valence-corrected chi connectivity index (χ4v) is 3.89. The van der Waals surface area contributed by atoms with E-state index in [1.54, 1.807) is 0 Å². The standard InChI is InChI=1S/C10H15BrO2/c1-7-6-9(11)2-4-10(7,5-3-9)8(12)13/h7H,2-6H2,1H3,(H,12,13). The lowest BCUT2D eigenvalue weighted by Gasteiger charge is -2.52. The molecule has 0 aliphatic heterocycles. The molecule has 74 valence electrons. The van der Waals surface area contributed by atoms with E-state index in [2.05, 4.69) is 22.9 Å². The number of fused-ring (bicyclic) bond motifs is 3. The molecule has 2 bridgehead atoms. The molecule has 13 heavy (non-hydrogen) atoms. The van der Waals surface area contributed by atoms with Gasteiger partial charge in [0.15, 0.2) is 0 Å². The molecule has 3 aliphatic rings. The van der Waals surface area contributed by atoms with Crippen molar-refractivity contribution in [1.29, 1.82) is 0 Å². The van der Waals surface area contributed by atoms with Gasteiger partial charge in [0.1, 0.15) is 0 Å². The summed E-state index contributed by atoms with van der Waals surface area (Å²) in [5.41, 5.74) is -0.393. The van der Waals surface area contributed by atoms with E-state index in [-0.39, 0.29) is 4.32 Å². The van der Waals surface area contributed by atoms with Gasteiger partial charge < -0.3 is 5.11 Å². The van der Waals surface area contributed by atoms with Crippen molar-refractivity contribution in [2.45, 2.75) is 43.4 Å². The van der Waals surface area contributed by atoms with Crippen LogP contribution in [0.2, 0.25) is 0 Å². The summed E-state index contributed by atoms with van der Waals surface area (Å²) in [7, 11) is 0. The molecule has 0 heterocycles. The molecule has 3 fully saturated rings. The molecule has 3 saturated carbocycles. The number of carboxylic acid groups (broad SMARTS) is 1. The minimum absolute atomic E-state index is 0.267. The first-order valence-corrected chi connectivity index (χ1v) is 5.70. The van der Waals surface area contributed by atoms with E-state index in [0.717, 1.165) is 32.1 Å². The Kier molecular flexibility index (Phi) is 1.99. The molecule has 1 unspecified atom stereocenters. The molecule has 3 heteroatoms. The number of carbonyl (C=O) groups is 1. The minimum atomic E-state index is -0.575. The summed E-state index contributed by atoms with van der Waals surface area (Å²) < 4.78 is 0.267. The van der Waals surface area contributed by atoms with Gasteiger partial charge in [-0.3, -0.25) is 4.79 Å². The summed E-state index contributed by atoms with van der Waals surface area (Å²) >= 11 is 3.75. The number of carboxylic acids is 1. The largest absolute Gasteiger partial charge is 0.481 e. The van der Waals surface area contributed by atoms with Gasteiger partial charge in [-0.15, -0.1) is 0 Å². The predicted octanol–water partition coefficient (Wildman–Crippen LogP) is 2.80. The molecular weight excluding hydrogens is 232 g/mol. The second-order valence-electron chi connectivity index (χ2n) is 4.72. The Hall–Kier alpha value is -0.0500. The maximum atomic E-state index is 11.2. The maximum Gasteiger partial charge on any atom is 0.309 e. The van der Waals surface area contributed by atoms with Crippen LogP contribution in [0.3, 0.4) is 0 Å². The van der Waals surface area contributed by atoms with Gasteiger partial charge >= 0.3 is 5.97 Å². The summed E-state index contributed by atoms with van der Waals surface area (Å²) in [6, 6.07) is 0. The first-order chi connectivity index (χ1) is 5.99. The molecule has 2 nitrogen and oxygen atoms in total. The van der Waals surface area contributed by atoms with Crippen LogP contribution in [0.1, 0.15) is 39.0 Å². The normalized spacial score (nSPS) is 49.2. The molecule has 0 saturated heterocycles. The molecule has 1 atom stereocenters. The Bertz CT molecular complexity index is 241. The molecule has 0 aromatic heterocycles. The zero-order valence-corrected chi connectivity index (χ0v) is 9.43. The van der Waals surface area contributed by atoms with Crippen molar-refractivity contribution in [2.75, 3.05) is 0 Å². The number of halogens is 1. The molecule has 1 N–H and O–H groups in total. The van der Waals surface area contributed by atoms with Crippen molar-refractivity contribution in [3.05, 3.63) is 0 Å².